The average molecular weight is 485 g/mol. The van der Waals surface area contributed by atoms with Crippen LogP contribution in [0.3, 0.4) is 0 Å². The number of hydrogen-bond acceptors (Lipinski definition) is 5. The molecule has 2 aromatic carbocycles. The number of rotatable bonds is 9. The molecular weight excluding hydrogens is 456 g/mol. The average Bonchev–Trinajstić information content (AvgIpc) is 3.42. The second kappa shape index (κ2) is 9.40. The number of aryl methyl sites for hydroxylation is 2. The highest BCUT2D eigenvalue weighted by Crippen LogP contribution is 2.42. The van der Waals surface area contributed by atoms with Crippen molar-refractivity contribution in [2.75, 3.05) is 6.61 Å². The Morgan fingerprint density at radius 2 is 2.09 bits per heavy atom. The van der Waals surface area contributed by atoms with Gasteiger partial charge in [-0.3, -0.25) is 0 Å². The third-order valence-corrected chi connectivity index (χ3v) is 7.67. The molecule has 6 nitrogen and oxygen atoms in total. The number of aromatic amines is 1. The fraction of sp³-hybridized carbons (Fsp3) is 0.286. The quantitative estimate of drug-likeness (QED) is 0.247. The van der Waals surface area contributed by atoms with Gasteiger partial charge in [0.1, 0.15) is 11.4 Å². The van der Waals surface area contributed by atoms with Gasteiger partial charge in [0, 0.05) is 39.9 Å². The predicted octanol–water partition coefficient (Wildman–Crippen LogP) is 6.10. The summed E-state index contributed by atoms with van der Waals surface area (Å²) in [7, 11) is 0. The first-order valence-corrected chi connectivity index (χ1v) is 13.0. The van der Waals surface area contributed by atoms with Crippen LogP contribution in [0.15, 0.2) is 66.1 Å². The van der Waals surface area contributed by atoms with Crippen molar-refractivity contribution in [2.24, 2.45) is 0 Å². The Labute approximate surface area is 208 Å². The topological polar surface area (TPSA) is 76.0 Å². The van der Waals surface area contributed by atoms with Gasteiger partial charge in [-0.25, -0.2) is 9.97 Å². The number of hydrogen-bond donors (Lipinski definition) is 2. The lowest BCUT2D eigenvalue weighted by molar-refractivity contribution is 0.277. The first-order chi connectivity index (χ1) is 17.2. The zero-order valence-corrected chi connectivity index (χ0v) is 20.5. The number of aromatic nitrogens is 4. The van der Waals surface area contributed by atoms with E-state index in [1.807, 2.05) is 28.7 Å². The van der Waals surface area contributed by atoms with Crippen molar-refractivity contribution in [1.29, 1.82) is 0 Å². The van der Waals surface area contributed by atoms with Crippen LogP contribution in [0, 0.1) is 6.92 Å². The summed E-state index contributed by atoms with van der Waals surface area (Å²) < 4.78 is 8.25. The number of benzene rings is 2. The van der Waals surface area contributed by atoms with Gasteiger partial charge in [-0.15, -0.1) is 11.8 Å². The van der Waals surface area contributed by atoms with Crippen LogP contribution in [0.1, 0.15) is 30.5 Å². The first kappa shape index (κ1) is 22.2. The molecule has 0 atom stereocenters. The number of nitrogens with zero attached hydrogens (tertiary/aromatic N) is 3. The highest BCUT2D eigenvalue weighted by atomic mass is 32.2. The summed E-state index contributed by atoms with van der Waals surface area (Å²) in [6.07, 6.45) is 9.00. The van der Waals surface area contributed by atoms with Crippen molar-refractivity contribution in [2.45, 2.75) is 49.5 Å². The third-order valence-electron chi connectivity index (χ3n) is 6.34. The highest BCUT2D eigenvalue weighted by Gasteiger charge is 2.23. The molecule has 0 radical (unpaired) electrons. The Morgan fingerprint density at radius 1 is 1.17 bits per heavy atom. The molecule has 5 aromatic rings. The van der Waals surface area contributed by atoms with Crippen LogP contribution in [0.5, 0.6) is 5.75 Å². The molecule has 1 fully saturated rings. The summed E-state index contributed by atoms with van der Waals surface area (Å²) in [5.41, 5.74) is 6.09. The van der Waals surface area contributed by atoms with Gasteiger partial charge in [-0.05, 0) is 73.2 Å². The van der Waals surface area contributed by atoms with Gasteiger partial charge in [0.05, 0.1) is 30.8 Å². The normalized spacial score (nSPS) is 13.7. The molecule has 0 aliphatic heterocycles. The lowest BCUT2D eigenvalue weighted by Crippen LogP contribution is -2.03. The molecule has 7 heteroatoms. The van der Waals surface area contributed by atoms with Gasteiger partial charge in [-0.1, -0.05) is 12.1 Å². The van der Waals surface area contributed by atoms with Crippen molar-refractivity contribution in [1.82, 2.24) is 19.5 Å². The third kappa shape index (κ3) is 4.66. The minimum atomic E-state index is -0.0378. The van der Waals surface area contributed by atoms with Crippen LogP contribution in [0.25, 0.3) is 33.1 Å². The maximum absolute atomic E-state index is 9.20. The second-order valence-electron chi connectivity index (χ2n) is 9.20. The molecule has 0 amide bonds. The fourth-order valence-electron chi connectivity index (χ4n) is 4.48. The number of nitrogens with one attached hydrogen (secondary N) is 1. The van der Waals surface area contributed by atoms with E-state index in [1.165, 1.54) is 28.9 Å². The molecule has 2 N–H and O–H groups in total. The zero-order valence-electron chi connectivity index (χ0n) is 19.7. The van der Waals surface area contributed by atoms with Gasteiger partial charge in [0.15, 0.2) is 0 Å². The molecule has 0 bridgehead atoms. The summed E-state index contributed by atoms with van der Waals surface area (Å²) in [6.45, 7) is 3.41. The maximum Gasteiger partial charge on any atom is 0.143 e. The fourth-order valence-corrected chi connectivity index (χ4v) is 5.59. The van der Waals surface area contributed by atoms with Crippen LogP contribution in [-0.2, 0) is 13.2 Å². The smallest absolute Gasteiger partial charge is 0.143 e. The standard InChI is InChI=1S/C28H28N4O2S/c1-18-12-24-26-23(19-4-2-5-22(13-19)35-21-6-7-21)8-9-25(27(26)31-28(24)29-14-18)34-11-3-10-32-15-20(16-33)30-17-32/h2,4-5,8-9,12-15,17,21,33H,3,6-7,10-11,16H2,1H3,(H,29,31). The number of H-pyrrole nitrogens is 1. The minimum Gasteiger partial charge on any atom is -0.491 e. The first-order valence-electron chi connectivity index (χ1n) is 12.1. The summed E-state index contributed by atoms with van der Waals surface area (Å²) >= 11 is 1.98. The van der Waals surface area contributed by atoms with Gasteiger partial charge < -0.3 is 19.4 Å². The van der Waals surface area contributed by atoms with Gasteiger partial charge in [-0.2, -0.15) is 0 Å². The molecule has 3 heterocycles. The van der Waals surface area contributed by atoms with Crippen molar-refractivity contribution >= 4 is 33.7 Å². The summed E-state index contributed by atoms with van der Waals surface area (Å²) in [5, 5.41) is 12.3. The molecule has 0 unspecified atom stereocenters. The van der Waals surface area contributed by atoms with Gasteiger partial charge in [0.25, 0.3) is 0 Å². The molecule has 1 aliphatic carbocycles. The van der Waals surface area contributed by atoms with Crippen molar-refractivity contribution in [3.05, 3.63) is 72.4 Å². The summed E-state index contributed by atoms with van der Waals surface area (Å²) in [5.74, 6) is 0.838. The van der Waals surface area contributed by atoms with Crippen LogP contribution >= 0.6 is 11.8 Å². The predicted molar refractivity (Wildman–Crippen MR) is 141 cm³/mol. The minimum absolute atomic E-state index is 0.0378. The Bertz CT molecular complexity index is 1500. The Balaban J connectivity index is 1.32. The highest BCUT2D eigenvalue weighted by molar-refractivity contribution is 8.00. The molecule has 1 saturated carbocycles. The van der Waals surface area contributed by atoms with E-state index in [1.54, 1.807) is 6.33 Å². The molecule has 0 saturated heterocycles. The van der Waals surface area contributed by atoms with E-state index < -0.39 is 0 Å². The molecule has 178 valence electrons. The van der Waals surface area contributed by atoms with Crippen LogP contribution in [0.2, 0.25) is 0 Å². The van der Waals surface area contributed by atoms with Gasteiger partial charge in [0.2, 0.25) is 0 Å². The number of ether oxygens (including phenoxy) is 1. The van der Waals surface area contributed by atoms with E-state index in [2.05, 4.69) is 64.3 Å². The largest absolute Gasteiger partial charge is 0.491 e. The zero-order chi connectivity index (χ0) is 23.8. The monoisotopic (exact) mass is 484 g/mol. The maximum atomic E-state index is 9.20. The molecule has 1 aliphatic rings. The lowest BCUT2D eigenvalue weighted by Gasteiger charge is -2.12. The van der Waals surface area contributed by atoms with Crippen molar-refractivity contribution < 1.29 is 9.84 Å². The van der Waals surface area contributed by atoms with Crippen molar-refractivity contribution in [3.8, 4) is 16.9 Å². The second-order valence-corrected chi connectivity index (χ2v) is 10.6. The molecule has 35 heavy (non-hydrogen) atoms. The molecular formula is C28H28N4O2S. The number of pyridine rings is 1. The van der Waals surface area contributed by atoms with E-state index >= 15 is 0 Å². The van der Waals surface area contributed by atoms with Crippen molar-refractivity contribution in [3.63, 3.8) is 0 Å². The van der Waals surface area contributed by atoms with E-state index in [0.717, 1.165) is 51.5 Å². The molecule has 6 rings (SSSR count). The number of aliphatic hydroxyl groups excluding tert-OH is 1. The van der Waals surface area contributed by atoms with E-state index in [4.69, 9.17) is 4.74 Å². The molecule has 0 spiro atoms. The number of aliphatic hydroxyl groups is 1. The summed E-state index contributed by atoms with van der Waals surface area (Å²) in [4.78, 5) is 13.7. The number of thioether (sulfide) groups is 1. The van der Waals surface area contributed by atoms with E-state index in [-0.39, 0.29) is 6.61 Å². The Hall–Kier alpha value is -3.29. The number of imidazole rings is 1. The SMILES string of the molecule is Cc1cnc2[nH]c3c(OCCCn4cnc(CO)c4)ccc(-c4cccc(SC5CC5)c4)c3c2c1. The van der Waals surface area contributed by atoms with Gasteiger partial charge >= 0.3 is 0 Å². The van der Waals surface area contributed by atoms with Crippen LogP contribution in [-0.4, -0.2) is 36.5 Å². The Kier molecular flexibility index (Phi) is 5.96. The van der Waals surface area contributed by atoms with E-state index in [0.29, 0.717) is 12.3 Å². The summed E-state index contributed by atoms with van der Waals surface area (Å²) in [6, 6.07) is 15.3. The molecule has 3 aromatic heterocycles. The van der Waals surface area contributed by atoms with Crippen LogP contribution in [0.4, 0.5) is 0 Å². The Morgan fingerprint density at radius 3 is 2.91 bits per heavy atom. The van der Waals surface area contributed by atoms with E-state index in [9.17, 15) is 5.11 Å². The number of fused-ring (bicyclic) bond motifs is 3. The van der Waals surface area contributed by atoms with Crippen LogP contribution < -0.4 is 4.74 Å². The lowest BCUT2D eigenvalue weighted by atomic mass is 9.99.